The van der Waals surface area contributed by atoms with Gasteiger partial charge in [0.2, 0.25) is 0 Å². The number of fused-ring (bicyclic) bond motifs is 1. The number of hydrogen-bond acceptors (Lipinski definition) is 3. The predicted octanol–water partition coefficient (Wildman–Crippen LogP) is 7.79. The van der Waals surface area contributed by atoms with E-state index in [2.05, 4.69) is 79.4 Å². The summed E-state index contributed by atoms with van der Waals surface area (Å²) in [5, 5.41) is 0. The van der Waals surface area contributed by atoms with E-state index in [9.17, 15) is 9.59 Å². The number of benzene rings is 4. The van der Waals surface area contributed by atoms with Crippen molar-refractivity contribution in [1.29, 1.82) is 0 Å². The molecule has 0 atom stereocenters. The van der Waals surface area contributed by atoms with Gasteiger partial charge < -0.3 is 4.90 Å². The second-order valence-corrected chi connectivity index (χ2v) is 8.74. The second-order valence-electron chi connectivity index (χ2n) is 8.74. The molecule has 5 rings (SSSR count). The van der Waals surface area contributed by atoms with E-state index in [1.807, 2.05) is 18.2 Å². The third-order valence-corrected chi connectivity index (χ3v) is 6.19. The zero-order chi connectivity index (χ0) is 24.4. The largest absolute Gasteiger partial charge is 0.311 e. The van der Waals surface area contributed by atoms with Crippen LogP contribution in [-0.4, -0.2) is 11.6 Å². The van der Waals surface area contributed by atoms with Crippen molar-refractivity contribution in [3.63, 3.8) is 0 Å². The molecule has 3 nitrogen and oxygen atoms in total. The van der Waals surface area contributed by atoms with Crippen LogP contribution in [0.15, 0.2) is 115 Å². The van der Waals surface area contributed by atoms with E-state index in [0.29, 0.717) is 11.1 Å². The van der Waals surface area contributed by atoms with E-state index in [0.717, 1.165) is 22.6 Å². The van der Waals surface area contributed by atoms with Crippen molar-refractivity contribution < 1.29 is 9.59 Å². The standard InChI is InChI=1S/C32H25NO2/c1-22-10-16-25(17-11-22)33(26-18-12-23(2)13-19-26)27-20-14-24(15-21-27)6-5-9-30-31(34)28-7-3-4-8-29(28)32(30)35/h3-21H,1-2H3/b6-5+. The quantitative estimate of drug-likeness (QED) is 0.228. The van der Waals surface area contributed by atoms with Gasteiger partial charge in [0, 0.05) is 28.2 Å². The Balaban J connectivity index is 1.41. The molecule has 0 aliphatic heterocycles. The van der Waals surface area contributed by atoms with Crippen LogP contribution in [0.3, 0.4) is 0 Å². The highest BCUT2D eigenvalue weighted by Gasteiger charge is 2.31. The minimum atomic E-state index is -0.211. The number of Topliss-reactive ketones (excluding diaryl/α,β-unsaturated/α-hetero) is 2. The summed E-state index contributed by atoms with van der Waals surface area (Å²) in [4.78, 5) is 27.3. The molecule has 0 heterocycles. The zero-order valence-corrected chi connectivity index (χ0v) is 19.7. The Bertz CT molecular complexity index is 1380. The van der Waals surface area contributed by atoms with Gasteiger partial charge in [-0.05, 0) is 61.9 Å². The van der Waals surface area contributed by atoms with E-state index < -0.39 is 0 Å². The summed E-state index contributed by atoms with van der Waals surface area (Å²) >= 11 is 0. The fraction of sp³-hybridized carbons (Fsp3) is 0.0625. The molecule has 0 saturated heterocycles. The van der Waals surface area contributed by atoms with E-state index in [1.165, 1.54) is 11.1 Å². The van der Waals surface area contributed by atoms with Crippen molar-refractivity contribution in [2.24, 2.45) is 0 Å². The molecular weight excluding hydrogens is 430 g/mol. The van der Waals surface area contributed by atoms with Gasteiger partial charge in [-0.1, -0.05) is 83.9 Å². The number of hydrogen-bond donors (Lipinski definition) is 0. The van der Waals surface area contributed by atoms with E-state index >= 15 is 0 Å². The smallest absolute Gasteiger partial charge is 0.197 e. The minimum Gasteiger partial charge on any atom is -0.311 e. The van der Waals surface area contributed by atoms with Gasteiger partial charge in [-0.15, -0.1) is 0 Å². The Morgan fingerprint density at radius 2 is 1.00 bits per heavy atom. The monoisotopic (exact) mass is 455 g/mol. The zero-order valence-electron chi connectivity index (χ0n) is 19.7. The van der Waals surface area contributed by atoms with Gasteiger partial charge in [0.25, 0.3) is 0 Å². The summed E-state index contributed by atoms with van der Waals surface area (Å²) in [7, 11) is 0. The van der Waals surface area contributed by atoms with Crippen molar-refractivity contribution in [2.45, 2.75) is 13.8 Å². The Morgan fingerprint density at radius 1 is 0.571 bits per heavy atom. The first-order chi connectivity index (χ1) is 17.0. The summed E-state index contributed by atoms with van der Waals surface area (Å²) in [5.74, 6) is -0.421. The lowest BCUT2D eigenvalue weighted by molar-refractivity contribution is 0.0989. The van der Waals surface area contributed by atoms with Crippen LogP contribution in [0.4, 0.5) is 17.1 Å². The van der Waals surface area contributed by atoms with E-state index in [4.69, 9.17) is 0 Å². The number of rotatable bonds is 5. The van der Waals surface area contributed by atoms with Crippen LogP contribution in [0.25, 0.3) is 6.08 Å². The molecule has 0 spiro atoms. The van der Waals surface area contributed by atoms with E-state index in [1.54, 1.807) is 36.4 Å². The fourth-order valence-electron chi connectivity index (χ4n) is 4.25. The summed E-state index contributed by atoms with van der Waals surface area (Å²) in [6.07, 6.45) is 5.29. The first-order valence-electron chi connectivity index (χ1n) is 11.6. The molecule has 0 aromatic heterocycles. The SMILES string of the molecule is Cc1ccc(N(c2ccc(C)cc2)c2ccc(/C=C/C=C3C(=O)c4ccccc4C3=O)cc2)cc1. The number of nitrogens with zero attached hydrogens (tertiary/aromatic N) is 1. The van der Waals surface area contributed by atoms with Crippen molar-refractivity contribution in [3.8, 4) is 0 Å². The highest BCUT2D eigenvalue weighted by atomic mass is 16.2. The average Bonchev–Trinajstić information content (AvgIpc) is 3.12. The summed E-state index contributed by atoms with van der Waals surface area (Å²) in [6.45, 7) is 4.17. The molecule has 0 saturated carbocycles. The highest BCUT2D eigenvalue weighted by Crippen LogP contribution is 2.35. The second kappa shape index (κ2) is 9.40. The Hall–Kier alpha value is -4.50. The molecule has 0 N–H and O–H groups in total. The average molecular weight is 456 g/mol. The minimum absolute atomic E-state index is 0.211. The van der Waals surface area contributed by atoms with E-state index in [-0.39, 0.29) is 17.1 Å². The van der Waals surface area contributed by atoms with Crippen molar-refractivity contribution >= 4 is 34.7 Å². The van der Waals surface area contributed by atoms with Crippen LogP contribution >= 0.6 is 0 Å². The Kier molecular flexibility index (Phi) is 5.99. The molecule has 4 aromatic carbocycles. The van der Waals surface area contributed by atoms with Crippen molar-refractivity contribution in [1.82, 2.24) is 0 Å². The first kappa shape index (κ1) is 22.3. The molecule has 4 aromatic rings. The van der Waals surface area contributed by atoms with Crippen molar-refractivity contribution in [3.05, 3.63) is 143 Å². The number of anilines is 3. The molecule has 0 fully saturated rings. The molecule has 0 radical (unpaired) electrons. The van der Waals surface area contributed by atoms with Crippen LogP contribution in [0.2, 0.25) is 0 Å². The fourth-order valence-corrected chi connectivity index (χ4v) is 4.25. The highest BCUT2D eigenvalue weighted by molar-refractivity contribution is 6.39. The lowest BCUT2D eigenvalue weighted by Crippen LogP contribution is -2.09. The molecule has 35 heavy (non-hydrogen) atoms. The topological polar surface area (TPSA) is 37.4 Å². The number of allylic oxidation sites excluding steroid dienone is 3. The summed E-state index contributed by atoms with van der Waals surface area (Å²) in [5.41, 5.74) is 7.81. The summed E-state index contributed by atoms with van der Waals surface area (Å²) < 4.78 is 0. The van der Waals surface area contributed by atoms with Crippen LogP contribution in [0, 0.1) is 13.8 Å². The predicted molar refractivity (Wildman–Crippen MR) is 143 cm³/mol. The Labute approximate surface area is 205 Å². The first-order valence-corrected chi connectivity index (χ1v) is 11.6. The van der Waals surface area contributed by atoms with Crippen LogP contribution in [0.1, 0.15) is 37.4 Å². The number of carbonyl (C=O) groups excluding carboxylic acids is 2. The lowest BCUT2D eigenvalue weighted by Gasteiger charge is -2.25. The van der Waals surface area contributed by atoms with Gasteiger partial charge in [0.15, 0.2) is 11.6 Å². The molecule has 3 heteroatoms. The molecular formula is C32H25NO2. The molecule has 0 unspecified atom stereocenters. The Morgan fingerprint density at radius 3 is 1.46 bits per heavy atom. The molecule has 0 amide bonds. The van der Waals surface area contributed by atoms with Gasteiger partial charge in [0.05, 0.1) is 5.57 Å². The van der Waals surface area contributed by atoms with Gasteiger partial charge in [-0.3, -0.25) is 9.59 Å². The van der Waals surface area contributed by atoms with Crippen LogP contribution in [-0.2, 0) is 0 Å². The van der Waals surface area contributed by atoms with Gasteiger partial charge in [0.1, 0.15) is 0 Å². The number of ketones is 2. The maximum absolute atomic E-state index is 12.6. The van der Waals surface area contributed by atoms with Gasteiger partial charge >= 0.3 is 0 Å². The number of aryl methyl sites for hydroxylation is 2. The van der Waals surface area contributed by atoms with Crippen LogP contribution in [0.5, 0.6) is 0 Å². The number of carbonyl (C=O) groups is 2. The maximum Gasteiger partial charge on any atom is 0.197 e. The normalized spacial score (nSPS) is 12.8. The molecule has 1 aliphatic carbocycles. The summed E-state index contributed by atoms with van der Waals surface area (Å²) in [6, 6.07) is 32.2. The maximum atomic E-state index is 12.6. The van der Waals surface area contributed by atoms with Crippen molar-refractivity contribution in [2.75, 3.05) is 4.90 Å². The van der Waals surface area contributed by atoms with Crippen LogP contribution < -0.4 is 4.90 Å². The van der Waals surface area contributed by atoms with Gasteiger partial charge in [-0.25, -0.2) is 0 Å². The molecule has 1 aliphatic rings. The molecule has 170 valence electrons. The van der Waals surface area contributed by atoms with Gasteiger partial charge in [-0.2, -0.15) is 0 Å². The molecule has 0 bridgehead atoms. The third kappa shape index (κ3) is 4.49. The third-order valence-electron chi connectivity index (χ3n) is 6.19. The lowest BCUT2D eigenvalue weighted by atomic mass is 10.1.